The lowest BCUT2D eigenvalue weighted by atomic mass is 10.1. The van der Waals surface area contributed by atoms with E-state index in [9.17, 15) is 4.79 Å². The van der Waals surface area contributed by atoms with E-state index in [1.165, 1.54) is 38.5 Å². The molecule has 0 rings (SSSR count). The summed E-state index contributed by atoms with van der Waals surface area (Å²) in [6.45, 7) is 8.05. The van der Waals surface area contributed by atoms with Crippen molar-refractivity contribution in [3.63, 3.8) is 0 Å². The minimum absolute atomic E-state index is 0.106. The monoisotopic (exact) mass is 348 g/mol. The highest BCUT2D eigenvalue weighted by Crippen LogP contribution is 2.07. The van der Waals surface area contributed by atoms with Gasteiger partial charge in [-0.1, -0.05) is 55.0 Å². The van der Waals surface area contributed by atoms with Gasteiger partial charge in [-0.3, -0.25) is 0 Å². The summed E-state index contributed by atoms with van der Waals surface area (Å²) in [5, 5.41) is 4.07. The first-order valence-corrected chi connectivity index (χ1v) is 9.35. The Morgan fingerprint density at radius 1 is 1.00 bits per heavy atom. The zero-order valence-corrected chi connectivity index (χ0v) is 15.2. The number of hydrogen-bond donors (Lipinski definition) is 1. The lowest BCUT2D eigenvalue weighted by Gasteiger charge is -2.24. The first kappa shape index (κ1) is 19.8. The van der Waals surface area contributed by atoms with Gasteiger partial charge >= 0.3 is 6.03 Å². The Labute approximate surface area is 134 Å². The Balaban J connectivity index is 4.00. The van der Waals surface area contributed by atoms with E-state index in [2.05, 4.69) is 28.2 Å². The zero-order valence-electron chi connectivity index (χ0n) is 13.6. The van der Waals surface area contributed by atoms with Gasteiger partial charge in [0.2, 0.25) is 0 Å². The number of unbranched alkanes of at least 4 members (excludes halogenated alkanes) is 6. The van der Waals surface area contributed by atoms with Crippen LogP contribution < -0.4 is 5.32 Å². The number of nitrogens with one attached hydrogen (secondary N) is 1. The molecule has 0 aromatic carbocycles. The fraction of sp³-hybridized carbons (Fsp3) is 0.938. The van der Waals surface area contributed by atoms with Crippen molar-refractivity contribution in [2.24, 2.45) is 0 Å². The van der Waals surface area contributed by atoms with Gasteiger partial charge in [0.25, 0.3) is 0 Å². The Bertz CT molecular complexity index is 235. The maximum absolute atomic E-state index is 12.1. The molecule has 3 nitrogen and oxygen atoms in total. The number of carbonyl (C=O) groups excluding carboxylic acids is 1. The largest absolute Gasteiger partial charge is 0.336 e. The summed E-state index contributed by atoms with van der Waals surface area (Å²) in [7, 11) is 0. The molecule has 0 spiro atoms. The number of alkyl halides is 1. The lowest BCUT2D eigenvalue weighted by molar-refractivity contribution is 0.192. The van der Waals surface area contributed by atoms with Crippen molar-refractivity contribution in [3.05, 3.63) is 0 Å². The molecule has 0 saturated carbocycles. The summed E-state index contributed by atoms with van der Waals surface area (Å²) in [4.78, 5) is 14.1. The number of rotatable bonds is 12. The molecule has 4 heteroatoms. The van der Waals surface area contributed by atoms with Gasteiger partial charge in [-0.2, -0.15) is 0 Å². The third-order valence-corrected chi connectivity index (χ3v) is 3.85. The molecule has 120 valence electrons. The maximum Gasteiger partial charge on any atom is 0.317 e. The molecule has 0 aromatic heterocycles. The molecule has 0 aromatic rings. The maximum atomic E-state index is 12.1. The van der Waals surface area contributed by atoms with Gasteiger partial charge in [0.1, 0.15) is 0 Å². The van der Waals surface area contributed by atoms with Crippen molar-refractivity contribution >= 4 is 22.0 Å². The summed E-state index contributed by atoms with van der Waals surface area (Å²) in [5.74, 6) is 0. The molecular weight excluding hydrogens is 316 g/mol. The van der Waals surface area contributed by atoms with Gasteiger partial charge in [0, 0.05) is 24.5 Å². The predicted octanol–water partition coefficient (Wildman–Crippen LogP) is 4.94. The van der Waals surface area contributed by atoms with Gasteiger partial charge in [-0.25, -0.2) is 4.79 Å². The van der Waals surface area contributed by atoms with Crippen LogP contribution in [0.2, 0.25) is 0 Å². The average molecular weight is 349 g/mol. The van der Waals surface area contributed by atoms with Crippen molar-refractivity contribution in [1.82, 2.24) is 10.2 Å². The first-order chi connectivity index (χ1) is 9.61. The van der Waals surface area contributed by atoms with E-state index in [1.807, 2.05) is 18.7 Å². The zero-order chi connectivity index (χ0) is 15.2. The molecule has 0 unspecified atom stereocenters. The molecule has 0 saturated heterocycles. The molecule has 0 radical (unpaired) electrons. The Kier molecular flexibility index (Phi) is 13.5. The average Bonchev–Trinajstić information content (AvgIpc) is 2.40. The number of nitrogens with zero attached hydrogens (tertiary/aromatic N) is 1. The van der Waals surface area contributed by atoms with Crippen molar-refractivity contribution in [2.45, 2.75) is 78.2 Å². The normalized spacial score (nSPS) is 10.8. The van der Waals surface area contributed by atoms with Crippen molar-refractivity contribution in [3.8, 4) is 0 Å². The molecule has 0 atom stereocenters. The van der Waals surface area contributed by atoms with Crippen LogP contribution >= 0.6 is 15.9 Å². The molecule has 0 fully saturated rings. The van der Waals surface area contributed by atoms with Crippen LogP contribution in [0.1, 0.15) is 72.1 Å². The predicted molar refractivity (Wildman–Crippen MR) is 91.6 cm³/mol. The molecule has 0 heterocycles. The smallest absolute Gasteiger partial charge is 0.317 e. The number of hydrogen-bond acceptors (Lipinski definition) is 1. The fourth-order valence-corrected chi connectivity index (χ4v) is 2.53. The third-order valence-electron chi connectivity index (χ3n) is 3.29. The number of amides is 2. The minimum atomic E-state index is 0.106. The fourth-order valence-electron chi connectivity index (χ4n) is 2.13. The molecule has 1 N–H and O–H groups in total. The second-order valence-corrected chi connectivity index (χ2v) is 6.55. The summed E-state index contributed by atoms with van der Waals surface area (Å²) in [6, 6.07) is 0.321. The van der Waals surface area contributed by atoms with E-state index in [0.29, 0.717) is 0 Å². The quantitative estimate of drug-likeness (QED) is 0.393. The number of halogens is 1. The van der Waals surface area contributed by atoms with Gasteiger partial charge in [-0.15, -0.1) is 0 Å². The van der Waals surface area contributed by atoms with Crippen molar-refractivity contribution < 1.29 is 4.79 Å². The van der Waals surface area contributed by atoms with E-state index < -0.39 is 0 Å². The molecule has 0 aliphatic rings. The minimum Gasteiger partial charge on any atom is -0.336 e. The third kappa shape index (κ3) is 11.6. The van der Waals surface area contributed by atoms with Crippen LogP contribution in [-0.4, -0.2) is 35.4 Å². The topological polar surface area (TPSA) is 32.3 Å². The van der Waals surface area contributed by atoms with Crippen LogP contribution in [-0.2, 0) is 0 Å². The highest BCUT2D eigenvalue weighted by molar-refractivity contribution is 9.09. The molecule has 0 bridgehead atoms. The SMILES string of the molecule is CCCCCCCN(CCCCCBr)C(=O)NC(C)C. The van der Waals surface area contributed by atoms with Crippen LogP contribution in [0.5, 0.6) is 0 Å². The molecule has 20 heavy (non-hydrogen) atoms. The highest BCUT2D eigenvalue weighted by atomic mass is 79.9. The molecule has 0 aliphatic carbocycles. The van der Waals surface area contributed by atoms with E-state index in [-0.39, 0.29) is 12.1 Å². The number of carbonyl (C=O) groups is 1. The van der Waals surface area contributed by atoms with Crippen LogP contribution in [0.15, 0.2) is 0 Å². The molecule has 0 aliphatic heterocycles. The van der Waals surface area contributed by atoms with Gasteiger partial charge in [0.05, 0.1) is 0 Å². The lowest BCUT2D eigenvalue weighted by Crippen LogP contribution is -2.43. The van der Waals surface area contributed by atoms with E-state index >= 15 is 0 Å². The second-order valence-electron chi connectivity index (χ2n) is 5.76. The van der Waals surface area contributed by atoms with Crippen molar-refractivity contribution in [2.75, 3.05) is 18.4 Å². The van der Waals surface area contributed by atoms with Crippen LogP contribution in [0, 0.1) is 0 Å². The van der Waals surface area contributed by atoms with Gasteiger partial charge in [-0.05, 0) is 33.1 Å². The summed E-state index contributed by atoms with van der Waals surface area (Å²) < 4.78 is 0. The van der Waals surface area contributed by atoms with E-state index in [4.69, 9.17) is 0 Å². The number of urea groups is 1. The Morgan fingerprint density at radius 2 is 1.55 bits per heavy atom. The van der Waals surface area contributed by atoms with Crippen LogP contribution in [0.4, 0.5) is 4.79 Å². The van der Waals surface area contributed by atoms with Crippen LogP contribution in [0.3, 0.4) is 0 Å². The highest BCUT2D eigenvalue weighted by Gasteiger charge is 2.13. The second kappa shape index (κ2) is 13.7. The van der Waals surface area contributed by atoms with Gasteiger partial charge in [0.15, 0.2) is 0 Å². The summed E-state index contributed by atoms with van der Waals surface area (Å²) in [5.41, 5.74) is 0. The van der Waals surface area contributed by atoms with E-state index in [0.717, 1.165) is 31.3 Å². The Morgan fingerprint density at radius 3 is 2.05 bits per heavy atom. The Hall–Kier alpha value is -0.250. The molecule has 2 amide bonds. The molecular formula is C16H33BrN2O. The van der Waals surface area contributed by atoms with E-state index in [1.54, 1.807) is 0 Å². The van der Waals surface area contributed by atoms with Crippen LogP contribution in [0.25, 0.3) is 0 Å². The van der Waals surface area contributed by atoms with Crippen molar-refractivity contribution in [1.29, 1.82) is 0 Å². The first-order valence-electron chi connectivity index (χ1n) is 8.23. The summed E-state index contributed by atoms with van der Waals surface area (Å²) >= 11 is 3.45. The standard InChI is InChI=1S/C16H33BrN2O/c1-4-5-6-7-10-13-19(14-11-8-9-12-17)16(20)18-15(2)3/h15H,4-14H2,1-3H3,(H,18,20). The summed E-state index contributed by atoms with van der Waals surface area (Å²) in [6.07, 6.45) is 9.71. The van der Waals surface area contributed by atoms with Gasteiger partial charge < -0.3 is 10.2 Å².